The van der Waals surface area contributed by atoms with Crippen LogP contribution < -0.4 is 10.0 Å². The highest BCUT2D eigenvalue weighted by Crippen LogP contribution is 2.20. The van der Waals surface area contributed by atoms with Gasteiger partial charge in [-0.25, -0.2) is 22.8 Å². The molecule has 3 aromatic rings. The lowest BCUT2D eigenvalue weighted by molar-refractivity contribution is 0.102. The van der Waals surface area contributed by atoms with Gasteiger partial charge in [-0.3, -0.25) is 4.79 Å². The van der Waals surface area contributed by atoms with E-state index in [4.69, 9.17) is 0 Å². The highest BCUT2D eigenvalue weighted by atomic mass is 32.2. The number of fused-ring (bicyclic) bond motifs is 1. The van der Waals surface area contributed by atoms with Crippen LogP contribution in [0.3, 0.4) is 0 Å². The Bertz CT molecular complexity index is 1140. The Morgan fingerprint density at radius 1 is 1.29 bits per heavy atom. The second-order valence-electron chi connectivity index (χ2n) is 6.44. The highest BCUT2D eigenvalue weighted by Gasteiger charge is 2.16. The molecule has 0 atom stereocenters. The summed E-state index contributed by atoms with van der Waals surface area (Å²) in [5, 5.41) is 7.84. The second kappa shape index (κ2) is 7.91. The van der Waals surface area contributed by atoms with Crippen molar-refractivity contribution in [2.75, 3.05) is 11.9 Å². The lowest BCUT2D eigenvalue weighted by Crippen LogP contribution is -2.24. The van der Waals surface area contributed by atoms with Crippen LogP contribution >= 0.6 is 0 Å². The molecule has 0 aliphatic carbocycles. The third kappa shape index (κ3) is 4.10. The van der Waals surface area contributed by atoms with Gasteiger partial charge in [0.1, 0.15) is 0 Å². The van der Waals surface area contributed by atoms with Crippen LogP contribution in [0.15, 0.2) is 60.3 Å². The number of nitrogens with one attached hydrogen (secondary N) is 2. The third-order valence-corrected chi connectivity index (χ3v) is 5.43. The molecule has 0 bridgehead atoms. The van der Waals surface area contributed by atoms with Crippen LogP contribution in [-0.4, -0.2) is 35.6 Å². The van der Waals surface area contributed by atoms with Gasteiger partial charge in [0.05, 0.1) is 23.0 Å². The third-order valence-electron chi connectivity index (χ3n) is 4.00. The molecule has 0 unspecified atom stereocenters. The van der Waals surface area contributed by atoms with Gasteiger partial charge in [0.15, 0.2) is 5.65 Å². The first-order valence-electron chi connectivity index (χ1n) is 8.67. The molecule has 2 aromatic heterocycles. The molecular weight excluding hydrogens is 378 g/mol. The highest BCUT2D eigenvalue weighted by molar-refractivity contribution is 7.89. The van der Waals surface area contributed by atoms with E-state index < -0.39 is 15.9 Å². The zero-order valence-electron chi connectivity index (χ0n) is 15.6. The Kier molecular flexibility index (Phi) is 5.57. The van der Waals surface area contributed by atoms with Crippen molar-refractivity contribution in [2.24, 2.45) is 0 Å². The second-order valence-corrected chi connectivity index (χ2v) is 8.21. The van der Waals surface area contributed by atoms with Crippen molar-refractivity contribution in [3.63, 3.8) is 0 Å². The summed E-state index contributed by atoms with van der Waals surface area (Å²) in [4.78, 5) is 16.9. The number of hydrogen-bond donors (Lipinski definition) is 2. The number of nitrogens with zero attached hydrogens (tertiary/aromatic N) is 3. The number of hydrogen-bond acceptors (Lipinski definition) is 5. The summed E-state index contributed by atoms with van der Waals surface area (Å²) in [5.41, 5.74) is 1.45. The number of aromatic nitrogens is 3. The lowest BCUT2D eigenvalue weighted by atomic mass is 10.2. The lowest BCUT2D eigenvalue weighted by Gasteiger charge is -2.09. The van der Waals surface area contributed by atoms with E-state index in [1.165, 1.54) is 24.3 Å². The van der Waals surface area contributed by atoms with Crippen LogP contribution in [0.25, 0.3) is 11.0 Å². The van der Waals surface area contributed by atoms with Gasteiger partial charge in [-0.15, -0.1) is 6.58 Å². The molecule has 3 rings (SSSR count). The number of pyridine rings is 1. The standard InChI is InChI=1S/C19H21N5O3S/c1-4-8-22-28(26,27)17-7-5-6-14(10-17)19(25)23-16-9-15-11-21-24(13(2)3)18(15)20-12-16/h4-7,9-13,22H,1,8H2,2-3H3,(H,23,25). The molecule has 9 heteroatoms. The van der Waals surface area contributed by atoms with Gasteiger partial charge in [0.2, 0.25) is 10.0 Å². The van der Waals surface area contributed by atoms with Gasteiger partial charge in [-0.2, -0.15) is 5.10 Å². The van der Waals surface area contributed by atoms with Gasteiger partial charge in [0.25, 0.3) is 5.91 Å². The minimum Gasteiger partial charge on any atom is -0.321 e. The average Bonchev–Trinajstić information content (AvgIpc) is 3.10. The molecule has 0 fully saturated rings. The van der Waals surface area contributed by atoms with E-state index >= 15 is 0 Å². The van der Waals surface area contributed by atoms with Gasteiger partial charge < -0.3 is 5.32 Å². The largest absolute Gasteiger partial charge is 0.321 e. The fourth-order valence-corrected chi connectivity index (χ4v) is 3.69. The summed E-state index contributed by atoms with van der Waals surface area (Å²) in [7, 11) is -3.71. The molecule has 1 amide bonds. The summed E-state index contributed by atoms with van der Waals surface area (Å²) < 4.78 is 28.6. The Hall–Kier alpha value is -3.04. The normalized spacial score (nSPS) is 11.7. The predicted molar refractivity (Wildman–Crippen MR) is 108 cm³/mol. The van der Waals surface area contributed by atoms with Gasteiger partial charge in [-0.1, -0.05) is 12.1 Å². The van der Waals surface area contributed by atoms with Crippen molar-refractivity contribution in [1.29, 1.82) is 0 Å². The van der Waals surface area contributed by atoms with E-state index in [0.29, 0.717) is 5.69 Å². The first-order valence-corrected chi connectivity index (χ1v) is 10.2. The molecule has 0 saturated heterocycles. The number of benzene rings is 1. The molecule has 0 aliphatic heterocycles. The van der Waals surface area contributed by atoms with Crippen LogP contribution in [0, 0.1) is 0 Å². The molecule has 0 spiro atoms. The van der Waals surface area contributed by atoms with E-state index in [0.717, 1.165) is 11.0 Å². The summed E-state index contributed by atoms with van der Waals surface area (Å²) in [6.07, 6.45) is 4.68. The minimum absolute atomic E-state index is 0.00814. The molecule has 2 heterocycles. The monoisotopic (exact) mass is 399 g/mol. The smallest absolute Gasteiger partial charge is 0.255 e. The predicted octanol–water partition coefficient (Wildman–Crippen LogP) is 2.73. The first kappa shape index (κ1) is 19.7. The number of rotatable bonds is 7. The summed E-state index contributed by atoms with van der Waals surface area (Å²) in [5.74, 6) is -0.432. The topological polar surface area (TPSA) is 106 Å². The number of sulfonamides is 1. The molecule has 146 valence electrons. The Balaban J connectivity index is 1.82. The maximum Gasteiger partial charge on any atom is 0.255 e. The van der Waals surface area contributed by atoms with Crippen LogP contribution in [0.5, 0.6) is 0 Å². The molecule has 0 aliphatic rings. The zero-order valence-corrected chi connectivity index (χ0v) is 16.4. The Labute approximate surface area is 163 Å². The average molecular weight is 399 g/mol. The van der Waals surface area contributed by atoms with E-state index in [9.17, 15) is 13.2 Å². The molecule has 1 aromatic carbocycles. The number of amides is 1. The van der Waals surface area contributed by atoms with Crippen molar-refractivity contribution >= 4 is 32.7 Å². The van der Waals surface area contributed by atoms with Gasteiger partial charge in [-0.05, 0) is 38.1 Å². The van der Waals surface area contributed by atoms with Crippen molar-refractivity contribution in [3.05, 3.63) is 60.9 Å². The first-order chi connectivity index (χ1) is 13.3. The zero-order chi connectivity index (χ0) is 20.3. The van der Waals surface area contributed by atoms with Crippen LogP contribution in [0.2, 0.25) is 0 Å². The molecule has 2 N–H and O–H groups in total. The Morgan fingerprint density at radius 2 is 2.07 bits per heavy atom. The number of carbonyl (C=O) groups excluding carboxylic acids is 1. The van der Waals surface area contributed by atoms with Crippen molar-refractivity contribution < 1.29 is 13.2 Å². The molecule has 28 heavy (non-hydrogen) atoms. The SMILES string of the molecule is C=CCNS(=O)(=O)c1cccc(C(=O)Nc2cnc3c(cnn3C(C)C)c2)c1. The van der Waals surface area contributed by atoms with E-state index in [-0.39, 0.29) is 23.0 Å². The van der Waals surface area contributed by atoms with E-state index in [1.54, 1.807) is 29.2 Å². The maximum absolute atomic E-state index is 12.6. The van der Waals surface area contributed by atoms with E-state index in [1.807, 2.05) is 13.8 Å². The quantitative estimate of drug-likeness (QED) is 0.594. The van der Waals surface area contributed by atoms with Gasteiger partial charge in [0, 0.05) is 23.5 Å². The minimum atomic E-state index is -3.71. The molecular formula is C19H21N5O3S. The summed E-state index contributed by atoms with van der Waals surface area (Å²) in [6.45, 7) is 7.60. The summed E-state index contributed by atoms with van der Waals surface area (Å²) >= 11 is 0. The van der Waals surface area contributed by atoms with Crippen LogP contribution in [0.1, 0.15) is 30.2 Å². The molecule has 0 radical (unpaired) electrons. The van der Waals surface area contributed by atoms with E-state index in [2.05, 4.69) is 26.7 Å². The number of anilines is 1. The fourth-order valence-electron chi connectivity index (χ4n) is 2.65. The van der Waals surface area contributed by atoms with Crippen molar-refractivity contribution in [1.82, 2.24) is 19.5 Å². The van der Waals surface area contributed by atoms with Crippen LogP contribution in [-0.2, 0) is 10.0 Å². The van der Waals surface area contributed by atoms with Crippen molar-refractivity contribution in [2.45, 2.75) is 24.8 Å². The van der Waals surface area contributed by atoms with Gasteiger partial charge >= 0.3 is 0 Å². The number of carbonyl (C=O) groups is 1. The summed E-state index contributed by atoms with van der Waals surface area (Å²) in [6, 6.07) is 7.76. The molecule has 8 nitrogen and oxygen atoms in total. The van der Waals surface area contributed by atoms with Crippen molar-refractivity contribution in [3.8, 4) is 0 Å². The fraction of sp³-hybridized carbons (Fsp3) is 0.211. The van der Waals surface area contributed by atoms with Crippen LogP contribution in [0.4, 0.5) is 5.69 Å². The molecule has 0 saturated carbocycles. The Morgan fingerprint density at radius 3 is 2.79 bits per heavy atom. The maximum atomic E-state index is 12.6.